The minimum Gasteiger partial charge on any atom is -0.396 e. The zero-order valence-corrected chi connectivity index (χ0v) is 20.6. The van der Waals surface area contributed by atoms with Crippen molar-refractivity contribution in [3.05, 3.63) is 52.4 Å². The van der Waals surface area contributed by atoms with E-state index in [9.17, 15) is 4.79 Å². The second-order valence-electron chi connectivity index (χ2n) is 9.04. The fourth-order valence-corrected chi connectivity index (χ4v) is 3.89. The maximum absolute atomic E-state index is 12.8. The molecule has 1 amide bonds. The molecule has 4 aromatic heterocycles. The number of rotatable bonds is 7. The maximum atomic E-state index is 12.8. The highest BCUT2D eigenvalue weighted by Gasteiger charge is 2.40. The third-order valence-electron chi connectivity index (χ3n) is 6.18. The van der Waals surface area contributed by atoms with Gasteiger partial charge in [-0.25, -0.2) is 19.9 Å². The molecule has 1 atom stereocenters. The lowest BCUT2D eigenvalue weighted by Crippen LogP contribution is -2.27. The second-order valence-corrected chi connectivity index (χ2v) is 9.42. The number of aromatic amines is 1. The largest absolute Gasteiger partial charge is 0.396 e. The molecular formula is C25H24ClN7O3. The first-order valence-corrected chi connectivity index (χ1v) is 12.0. The molecule has 1 aliphatic rings. The van der Waals surface area contributed by atoms with Gasteiger partial charge in [0.2, 0.25) is 0 Å². The van der Waals surface area contributed by atoms with Crippen LogP contribution in [0.1, 0.15) is 73.2 Å². The summed E-state index contributed by atoms with van der Waals surface area (Å²) >= 11 is 6.32. The van der Waals surface area contributed by atoms with Crippen LogP contribution in [0.25, 0.3) is 22.7 Å². The highest BCUT2D eigenvalue weighted by Crippen LogP contribution is 2.46. The number of imidazole rings is 1. The van der Waals surface area contributed by atoms with E-state index in [2.05, 4.69) is 49.2 Å². The first kappa shape index (κ1) is 23.9. The number of fused-ring (bicyclic) bond motifs is 1. The first-order valence-electron chi connectivity index (χ1n) is 11.6. The number of carbonyl (C=O) groups is 1. The van der Waals surface area contributed by atoms with Crippen molar-refractivity contribution in [2.75, 3.05) is 6.61 Å². The van der Waals surface area contributed by atoms with Crippen molar-refractivity contribution >= 4 is 28.7 Å². The van der Waals surface area contributed by atoms with Crippen molar-refractivity contribution in [3.63, 3.8) is 0 Å². The van der Waals surface area contributed by atoms with E-state index in [0.29, 0.717) is 35.8 Å². The van der Waals surface area contributed by atoms with E-state index in [0.717, 1.165) is 24.1 Å². The molecule has 5 rings (SSSR count). The molecule has 0 bridgehead atoms. The Labute approximate surface area is 211 Å². The number of carbonyl (C=O) groups excluding carboxylic acids is 1. The summed E-state index contributed by atoms with van der Waals surface area (Å²) in [6.07, 6.45) is 4.55. The third-order valence-corrected chi connectivity index (χ3v) is 6.54. The standard InChI is InChI=1S/C25H24ClN7O3/c1-14(29-24(35)21-20(26)15(27-13-28-21)6-4-3-5-11-34)18-12-17(33-36-18)23-30-16-7-8-19(25(2)9-10-25)31-22(16)32-23/h7-8,12-14,34H,3,5,9-11H2,1-2H3,(H,29,35)(H,30,31,32)/t14-/m1/s1. The number of hydrogen-bond acceptors (Lipinski definition) is 8. The molecule has 184 valence electrons. The van der Waals surface area contributed by atoms with Gasteiger partial charge in [0.25, 0.3) is 5.91 Å². The van der Waals surface area contributed by atoms with E-state index in [-0.39, 0.29) is 28.4 Å². The fraction of sp³-hybridized carbons (Fsp3) is 0.360. The van der Waals surface area contributed by atoms with Crippen LogP contribution in [0, 0.1) is 11.8 Å². The maximum Gasteiger partial charge on any atom is 0.272 e. The zero-order chi connectivity index (χ0) is 25.3. The minimum absolute atomic E-state index is 0.00762. The molecule has 3 N–H and O–H groups in total. The van der Waals surface area contributed by atoms with Crippen LogP contribution in [-0.4, -0.2) is 47.7 Å². The number of aromatic nitrogens is 6. The van der Waals surface area contributed by atoms with Crippen molar-refractivity contribution in [1.29, 1.82) is 0 Å². The van der Waals surface area contributed by atoms with Crippen molar-refractivity contribution in [1.82, 2.24) is 35.4 Å². The number of nitrogens with zero attached hydrogens (tertiary/aromatic N) is 5. The Morgan fingerprint density at radius 1 is 1.33 bits per heavy atom. The van der Waals surface area contributed by atoms with E-state index < -0.39 is 11.9 Å². The molecular weight excluding hydrogens is 482 g/mol. The number of halogens is 1. The van der Waals surface area contributed by atoms with Crippen LogP contribution < -0.4 is 5.32 Å². The minimum atomic E-state index is -0.521. The topological polar surface area (TPSA) is 143 Å². The normalized spacial score (nSPS) is 14.8. The number of aliphatic hydroxyl groups is 1. The number of unbranched alkanes of at least 4 members (excludes halogenated alkanes) is 1. The molecule has 11 heteroatoms. The van der Waals surface area contributed by atoms with Gasteiger partial charge < -0.3 is 19.9 Å². The molecule has 1 saturated carbocycles. The lowest BCUT2D eigenvalue weighted by molar-refractivity contribution is 0.0928. The summed E-state index contributed by atoms with van der Waals surface area (Å²) in [7, 11) is 0. The summed E-state index contributed by atoms with van der Waals surface area (Å²) in [4.78, 5) is 33.4. The SMILES string of the molecule is C[C@@H](NC(=O)c1ncnc(C#CCCCO)c1Cl)c1cc(-c2nc3nc(C4(C)CC4)ccc3[nH]2)no1. The van der Waals surface area contributed by atoms with Crippen molar-refractivity contribution in [2.24, 2.45) is 0 Å². The molecule has 10 nitrogen and oxygen atoms in total. The number of H-pyrrole nitrogens is 1. The Morgan fingerprint density at radius 2 is 2.17 bits per heavy atom. The van der Waals surface area contributed by atoms with Gasteiger partial charge in [-0.05, 0) is 44.2 Å². The van der Waals surface area contributed by atoms with Crippen LogP contribution in [0.4, 0.5) is 0 Å². The van der Waals surface area contributed by atoms with Gasteiger partial charge in [-0.15, -0.1) is 0 Å². The van der Waals surface area contributed by atoms with Gasteiger partial charge in [0.1, 0.15) is 22.7 Å². The van der Waals surface area contributed by atoms with E-state index in [4.69, 9.17) is 26.2 Å². The Balaban J connectivity index is 1.30. The summed E-state index contributed by atoms with van der Waals surface area (Å²) in [5.41, 5.74) is 3.42. The number of nitrogens with one attached hydrogen (secondary N) is 2. The number of hydrogen-bond donors (Lipinski definition) is 3. The summed E-state index contributed by atoms with van der Waals surface area (Å²) < 4.78 is 5.48. The van der Waals surface area contributed by atoms with E-state index in [1.54, 1.807) is 13.0 Å². The average Bonchev–Trinajstić information content (AvgIpc) is 3.27. The summed E-state index contributed by atoms with van der Waals surface area (Å²) in [5.74, 6) is 6.14. The van der Waals surface area contributed by atoms with Gasteiger partial charge >= 0.3 is 0 Å². The average molecular weight is 506 g/mol. The summed E-state index contributed by atoms with van der Waals surface area (Å²) in [6, 6.07) is 5.21. The van der Waals surface area contributed by atoms with Gasteiger partial charge in [-0.2, -0.15) is 0 Å². The molecule has 0 spiro atoms. The van der Waals surface area contributed by atoms with Crippen LogP contribution in [0.2, 0.25) is 5.02 Å². The van der Waals surface area contributed by atoms with Crippen molar-refractivity contribution in [2.45, 2.75) is 51.0 Å². The molecule has 0 unspecified atom stereocenters. The van der Waals surface area contributed by atoms with Crippen LogP contribution in [0.15, 0.2) is 29.0 Å². The molecule has 0 saturated heterocycles. The fourth-order valence-electron chi connectivity index (χ4n) is 3.66. The van der Waals surface area contributed by atoms with Crippen LogP contribution in [-0.2, 0) is 5.41 Å². The monoisotopic (exact) mass is 505 g/mol. The molecule has 0 radical (unpaired) electrons. The number of aliphatic hydroxyl groups excluding tert-OH is 1. The lowest BCUT2D eigenvalue weighted by atomic mass is 10.1. The van der Waals surface area contributed by atoms with Crippen LogP contribution >= 0.6 is 11.6 Å². The molecule has 1 fully saturated rings. The summed E-state index contributed by atoms with van der Waals surface area (Å²) in [5, 5.41) is 15.8. The van der Waals surface area contributed by atoms with Gasteiger partial charge in [0.05, 0.1) is 11.6 Å². The van der Waals surface area contributed by atoms with E-state index in [1.165, 1.54) is 6.33 Å². The predicted molar refractivity (Wildman–Crippen MR) is 132 cm³/mol. The van der Waals surface area contributed by atoms with E-state index in [1.807, 2.05) is 12.1 Å². The van der Waals surface area contributed by atoms with Crippen molar-refractivity contribution in [3.8, 4) is 23.4 Å². The van der Waals surface area contributed by atoms with E-state index >= 15 is 0 Å². The molecule has 4 heterocycles. The first-order chi connectivity index (χ1) is 17.4. The molecule has 4 aromatic rings. The third kappa shape index (κ3) is 4.80. The Bertz CT molecular complexity index is 1500. The van der Waals surface area contributed by atoms with Gasteiger partial charge in [0, 0.05) is 30.2 Å². The predicted octanol–water partition coefficient (Wildman–Crippen LogP) is 3.72. The van der Waals surface area contributed by atoms with Crippen LogP contribution in [0.5, 0.6) is 0 Å². The summed E-state index contributed by atoms with van der Waals surface area (Å²) in [6.45, 7) is 4.01. The van der Waals surface area contributed by atoms with Gasteiger partial charge in [-0.3, -0.25) is 4.79 Å². The second kappa shape index (κ2) is 9.68. The van der Waals surface area contributed by atoms with Crippen LogP contribution in [0.3, 0.4) is 0 Å². The molecule has 0 aromatic carbocycles. The van der Waals surface area contributed by atoms with Gasteiger partial charge in [-0.1, -0.05) is 29.6 Å². The Kier molecular flexibility index (Phi) is 6.43. The Hall–Kier alpha value is -3.81. The number of pyridine rings is 1. The highest BCUT2D eigenvalue weighted by atomic mass is 35.5. The molecule has 1 aliphatic carbocycles. The molecule has 0 aliphatic heterocycles. The zero-order valence-electron chi connectivity index (χ0n) is 19.8. The lowest BCUT2D eigenvalue weighted by Gasteiger charge is -2.11. The smallest absolute Gasteiger partial charge is 0.272 e. The number of amides is 1. The molecule has 36 heavy (non-hydrogen) atoms. The van der Waals surface area contributed by atoms with Gasteiger partial charge in [0.15, 0.2) is 22.9 Å². The highest BCUT2D eigenvalue weighted by molar-refractivity contribution is 6.34. The Morgan fingerprint density at radius 3 is 2.94 bits per heavy atom. The quantitative estimate of drug-likeness (QED) is 0.255. The van der Waals surface area contributed by atoms with Crippen molar-refractivity contribution < 1.29 is 14.4 Å².